The molecule has 7 heteroatoms. The van der Waals surface area contributed by atoms with Crippen LogP contribution in [0.1, 0.15) is 27.4 Å². The molecule has 0 unspecified atom stereocenters. The fourth-order valence-corrected chi connectivity index (χ4v) is 2.65. The number of hydrogen-bond acceptors (Lipinski definition) is 3. The first-order valence-electron chi connectivity index (χ1n) is 4.73. The molecule has 0 saturated heterocycles. The van der Waals surface area contributed by atoms with Gasteiger partial charge in [-0.05, 0) is 12.1 Å². The van der Waals surface area contributed by atoms with Crippen molar-refractivity contribution in [3.63, 3.8) is 0 Å². The summed E-state index contributed by atoms with van der Waals surface area (Å²) in [5, 5.41) is 0.357. The Labute approximate surface area is 115 Å². The molecular formula is C11H5Cl2F2NOS. The Kier molecular flexibility index (Phi) is 3.94. The fourth-order valence-electron chi connectivity index (χ4n) is 1.38. The number of thiazole rings is 1. The molecule has 1 heterocycles. The molecule has 0 radical (unpaired) electrons. The number of nitrogens with zero attached hydrogens (tertiary/aromatic N) is 1. The van der Waals surface area contributed by atoms with Crippen LogP contribution in [0.3, 0.4) is 0 Å². The van der Waals surface area contributed by atoms with E-state index in [-0.39, 0.29) is 14.9 Å². The normalized spacial score (nSPS) is 10.9. The molecule has 2 aromatic rings. The van der Waals surface area contributed by atoms with Gasteiger partial charge in [0.1, 0.15) is 10.6 Å². The van der Waals surface area contributed by atoms with Crippen molar-refractivity contribution in [1.82, 2.24) is 4.98 Å². The average molecular weight is 308 g/mol. The van der Waals surface area contributed by atoms with Gasteiger partial charge >= 0.3 is 0 Å². The van der Waals surface area contributed by atoms with Gasteiger partial charge < -0.3 is 0 Å². The van der Waals surface area contributed by atoms with Crippen LogP contribution in [0.4, 0.5) is 8.78 Å². The lowest BCUT2D eigenvalue weighted by atomic mass is 10.1. The summed E-state index contributed by atoms with van der Waals surface area (Å²) in [5.41, 5.74) is -0.361. The standard InChI is InChI=1S/C11H5Cl2F2NOS/c12-6-3-1-2-5(4-6)8(17)9-7(10(14)15)16-11(13)18-9/h1-4,10H. The molecule has 0 amide bonds. The molecule has 0 aliphatic carbocycles. The molecule has 0 aliphatic heterocycles. The lowest BCUT2D eigenvalue weighted by Crippen LogP contribution is -2.03. The summed E-state index contributed by atoms with van der Waals surface area (Å²) in [6.45, 7) is 0. The van der Waals surface area contributed by atoms with E-state index in [0.717, 1.165) is 11.3 Å². The third kappa shape index (κ3) is 2.68. The highest BCUT2D eigenvalue weighted by atomic mass is 35.5. The van der Waals surface area contributed by atoms with Crippen LogP contribution in [0.2, 0.25) is 9.49 Å². The summed E-state index contributed by atoms with van der Waals surface area (Å²) in [6, 6.07) is 6.07. The summed E-state index contributed by atoms with van der Waals surface area (Å²) in [7, 11) is 0. The van der Waals surface area contributed by atoms with Crippen molar-refractivity contribution >= 4 is 40.3 Å². The Morgan fingerprint density at radius 2 is 2.06 bits per heavy atom. The van der Waals surface area contributed by atoms with Crippen molar-refractivity contribution in [3.05, 3.63) is 49.9 Å². The second kappa shape index (κ2) is 5.30. The van der Waals surface area contributed by atoms with E-state index in [1.54, 1.807) is 12.1 Å². The van der Waals surface area contributed by atoms with Crippen LogP contribution < -0.4 is 0 Å². The van der Waals surface area contributed by atoms with Crippen molar-refractivity contribution in [3.8, 4) is 0 Å². The predicted molar refractivity (Wildman–Crippen MR) is 67.0 cm³/mol. The second-order valence-corrected chi connectivity index (χ2v) is 5.34. The highest BCUT2D eigenvalue weighted by Gasteiger charge is 2.24. The Bertz CT molecular complexity index is 600. The molecule has 0 spiro atoms. The molecule has 94 valence electrons. The Balaban J connectivity index is 2.46. The quantitative estimate of drug-likeness (QED) is 0.775. The van der Waals surface area contributed by atoms with E-state index >= 15 is 0 Å². The zero-order chi connectivity index (χ0) is 13.3. The molecule has 0 fully saturated rings. The van der Waals surface area contributed by atoms with Crippen LogP contribution in [-0.2, 0) is 0 Å². The predicted octanol–water partition coefficient (Wildman–Crippen LogP) is 4.62. The minimum absolute atomic E-state index is 0.0873. The van der Waals surface area contributed by atoms with E-state index < -0.39 is 17.9 Å². The number of hydrogen-bond donors (Lipinski definition) is 0. The van der Waals surface area contributed by atoms with Gasteiger partial charge in [0.05, 0.1) is 0 Å². The topological polar surface area (TPSA) is 30.0 Å². The van der Waals surface area contributed by atoms with Gasteiger partial charge in [0.15, 0.2) is 4.47 Å². The maximum atomic E-state index is 12.7. The first-order chi connectivity index (χ1) is 8.49. The number of rotatable bonds is 3. The van der Waals surface area contributed by atoms with Crippen molar-refractivity contribution in [2.45, 2.75) is 6.43 Å². The maximum absolute atomic E-state index is 12.7. The lowest BCUT2D eigenvalue weighted by molar-refractivity contribution is 0.102. The molecule has 0 aliphatic rings. The maximum Gasteiger partial charge on any atom is 0.282 e. The Morgan fingerprint density at radius 3 is 2.67 bits per heavy atom. The second-order valence-electron chi connectivity index (χ2n) is 3.32. The third-order valence-electron chi connectivity index (χ3n) is 2.13. The number of halogens is 4. The number of carbonyl (C=O) groups excluding carboxylic acids is 1. The summed E-state index contributed by atoms with van der Waals surface area (Å²) >= 11 is 12.0. The van der Waals surface area contributed by atoms with Gasteiger partial charge in [0, 0.05) is 10.6 Å². The zero-order valence-electron chi connectivity index (χ0n) is 8.66. The minimum Gasteiger partial charge on any atom is -0.288 e. The van der Waals surface area contributed by atoms with Gasteiger partial charge in [-0.2, -0.15) is 0 Å². The monoisotopic (exact) mass is 307 g/mol. The summed E-state index contributed by atoms with van der Waals surface area (Å²) < 4.78 is 25.3. The largest absolute Gasteiger partial charge is 0.288 e. The van der Waals surface area contributed by atoms with E-state index in [0.29, 0.717) is 5.02 Å². The van der Waals surface area contributed by atoms with Crippen LogP contribution in [0, 0.1) is 0 Å². The summed E-state index contributed by atoms with van der Waals surface area (Å²) in [5.74, 6) is -0.558. The SMILES string of the molecule is O=C(c1cccc(Cl)c1)c1sc(Cl)nc1C(F)F. The number of ketones is 1. The fraction of sp³-hybridized carbons (Fsp3) is 0.0909. The summed E-state index contributed by atoms with van der Waals surface area (Å²) in [4.78, 5) is 15.4. The van der Waals surface area contributed by atoms with Crippen molar-refractivity contribution in [2.75, 3.05) is 0 Å². The van der Waals surface area contributed by atoms with Gasteiger partial charge in [0.2, 0.25) is 5.78 Å². The van der Waals surface area contributed by atoms with E-state index in [2.05, 4.69) is 4.98 Å². The molecule has 2 rings (SSSR count). The van der Waals surface area contributed by atoms with Crippen molar-refractivity contribution < 1.29 is 13.6 Å². The van der Waals surface area contributed by atoms with E-state index in [1.165, 1.54) is 12.1 Å². The van der Waals surface area contributed by atoms with E-state index in [4.69, 9.17) is 23.2 Å². The van der Waals surface area contributed by atoms with Gasteiger partial charge in [-0.25, -0.2) is 13.8 Å². The molecule has 1 aromatic heterocycles. The highest BCUT2D eigenvalue weighted by Crippen LogP contribution is 2.32. The summed E-state index contributed by atoms with van der Waals surface area (Å²) in [6.07, 6.45) is -2.84. The van der Waals surface area contributed by atoms with Gasteiger partial charge in [-0.1, -0.05) is 46.7 Å². The number of alkyl halides is 2. The molecule has 18 heavy (non-hydrogen) atoms. The van der Waals surface area contributed by atoms with Crippen LogP contribution in [0.25, 0.3) is 0 Å². The number of aromatic nitrogens is 1. The smallest absolute Gasteiger partial charge is 0.282 e. The van der Waals surface area contributed by atoms with E-state index in [9.17, 15) is 13.6 Å². The molecule has 0 bridgehead atoms. The van der Waals surface area contributed by atoms with Crippen LogP contribution in [-0.4, -0.2) is 10.8 Å². The molecule has 1 aromatic carbocycles. The molecule has 0 atom stereocenters. The van der Waals surface area contributed by atoms with Gasteiger partial charge in [-0.3, -0.25) is 4.79 Å². The Hall–Kier alpha value is -1.04. The molecule has 0 N–H and O–H groups in total. The van der Waals surface area contributed by atoms with Crippen molar-refractivity contribution in [1.29, 1.82) is 0 Å². The molecular weight excluding hydrogens is 303 g/mol. The first-order valence-corrected chi connectivity index (χ1v) is 6.31. The van der Waals surface area contributed by atoms with Gasteiger partial charge in [-0.15, -0.1) is 0 Å². The van der Waals surface area contributed by atoms with Gasteiger partial charge in [0.25, 0.3) is 6.43 Å². The van der Waals surface area contributed by atoms with Crippen LogP contribution >= 0.6 is 34.5 Å². The number of benzene rings is 1. The average Bonchev–Trinajstić information content (AvgIpc) is 2.70. The van der Waals surface area contributed by atoms with Crippen LogP contribution in [0.5, 0.6) is 0 Å². The Morgan fingerprint density at radius 1 is 1.33 bits per heavy atom. The number of carbonyl (C=O) groups is 1. The molecule has 0 saturated carbocycles. The third-order valence-corrected chi connectivity index (χ3v) is 3.54. The lowest BCUT2D eigenvalue weighted by Gasteiger charge is -2.01. The highest BCUT2D eigenvalue weighted by molar-refractivity contribution is 7.17. The molecule has 2 nitrogen and oxygen atoms in total. The van der Waals surface area contributed by atoms with Crippen LogP contribution in [0.15, 0.2) is 24.3 Å². The first kappa shape index (κ1) is 13.4. The zero-order valence-corrected chi connectivity index (χ0v) is 11.0. The van der Waals surface area contributed by atoms with Crippen molar-refractivity contribution in [2.24, 2.45) is 0 Å². The minimum atomic E-state index is -2.84. The van der Waals surface area contributed by atoms with E-state index in [1.807, 2.05) is 0 Å².